The van der Waals surface area contributed by atoms with Gasteiger partial charge >= 0.3 is 0 Å². The summed E-state index contributed by atoms with van der Waals surface area (Å²) in [5.41, 5.74) is 1.53. The second-order valence-corrected chi connectivity index (χ2v) is 6.19. The number of nitrogens with zero attached hydrogens (tertiary/aromatic N) is 1. The quantitative estimate of drug-likeness (QED) is 0.922. The van der Waals surface area contributed by atoms with Crippen LogP contribution in [0.25, 0.3) is 0 Å². The molecule has 0 saturated carbocycles. The summed E-state index contributed by atoms with van der Waals surface area (Å²) in [6, 6.07) is 11.2. The van der Waals surface area contributed by atoms with Crippen LogP contribution in [-0.2, 0) is 6.42 Å². The van der Waals surface area contributed by atoms with Crippen LogP contribution in [0.3, 0.4) is 0 Å². The molecule has 1 N–H and O–H groups in total. The zero-order valence-electron chi connectivity index (χ0n) is 13.3. The van der Waals surface area contributed by atoms with Crippen LogP contribution in [-0.4, -0.2) is 23.0 Å². The molecular weight excluding hydrogens is 276 g/mol. The maximum atomic E-state index is 12.1. The zero-order valence-corrected chi connectivity index (χ0v) is 13.3. The van der Waals surface area contributed by atoms with Crippen LogP contribution in [0, 0.1) is 0 Å². The molecule has 22 heavy (non-hydrogen) atoms. The third-order valence-corrected chi connectivity index (χ3v) is 2.99. The highest BCUT2D eigenvalue weighted by molar-refractivity contribution is 5.95. The van der Waals surface area contributed by atoms with E-state index in [0.717, 1.165) is 6.42 Å². The minimum absolute atomic E-state index is 0.0907. The summed E-state index contributed by atoms with van der Waals surface area (Å²) in [7, 11) is 0. The predicted octanol–water partition coefficient (Wildman–Crippen LogP) is 3.23. The molecule has 116 valence electrons. The Bertz CT molecular complexity index is 618. The number of carbonyl (C=O) groups is 1. The van der Waals surface area contributed by atoms with Crippen LogP contribution >= 0.6 is 0 Å². The first kappa shape index (κ1) is 16.0. The molecule has 0 unspecified atom stereocenters. The van der Waals surface area contributed by atoms with Gasteiger partial charge in [-0.1, -0.05) is 6.07 Å². The van der Waals surface area contributed by atoms with Crippen LogP contribution < -0.4 is 10.1 Å². The van der Waals surface area contributed by atoms with Gasteiger partial charge in [0, 0.05) is 29.9 Å². The molecule has 1 aromatic carbocycles. The van der Waals surface area contributed by atoms with Gasteiger partial charge in [-0.3, -0.25) is 9.78 Å². The number of pyridine rings is 1. The number of hydrogen-bond acceptors (Lipinski definition) is 3. The normalized spacial score (nSPS) is 11.0. The van der Waals surface area contributed by atoms with Gasteiger partial charge in [0.25, 0.3) is 5.91 Å². The molecule has 0 atom stereocenters. The van der Waals surface area contributed by atoms with Gasteiger partial charge in [-0.15, -0.1) is 0 Å². The number of rotatable bonds is 5. The maximum absolute atomic E-state index is 12.1. The smallest absolute Gasteiger partial charge is 0.251 e. The second-order valence-electron chi connectivity index (χ2n) is 6.19. The van der Waals surface area contributed by atoms with Crippen molar-refractivity contribution < 1.29 is 9.53 Å². The third kappa shape index (κ3) is 5.20. The molecule has 1 amide bonds. The third-order valence-electron chi connectivity index (χ3n) is 2.99. The Morgan fingerprint density at radius 1 is 1.18 bits per heavy atom. The fourth-order valence-corrected chi connectivity index (χ4v) is 1.98. The molecule has 0 bridgehead atoms. The first-order chi connectivity index (χ1) is 10.4. The molecule has 0 radical (unpaired) electrons. The highest BCUT2D eigenvalue weighted by Gasteiger charge is 2.15. The van der Waals surface area contributed by atoms with Crippen molar-refractivity contribution in [3.05, 3.63) is 59.9 Å². The average molecular weight is 298 g/mol. The SMILES string of the molecule is CC(C)(C)NC(=O)c1cccc(OCCc2ccncc2)c1. The molecule has 1 aromatic heterocycles. The molecule has 2 rings (SSSR count). The van der Waals surface area contributed by atoms with Crippen molar-refractivity contribution >= 4 is 5.91 Å². The van der Waals surface area contributed by atoms with Gasteiger partial charge in [0.1, 0.15) is 5.75 Å². The standard InChI is InChI=1S/C18H22N2O2/c1-18(2,3)20-17(21)15-5-4-6-16(13-15)22-12-9-14-7-10-19-11-8-14/h4-8,10-11,13H,9,12H2,1-3H3,(H,20,21). The summed E-state index contributed by atoms with van der Waals surface area (Å²) in [5.74, 6) is 0.614. The summed E-state index contributed by atoms with van der Waals surface area (Å²) < 4.78 is 5.73. The molecule has 0 fully saturated rings. The van der Waals surface area contributed by atoms with Gasteiger partial charge < -0.3 is 10.1 Å². The lowest BCUT2D eigenvalue weighted by Crippen LogP contribution is -2.40. The highest BCUT2D eigenvalue weighted by atomic mass is 16.5. The van der Waals surface area contributed by atoms with E-state index in [1.807, 2.05) is 45.0 Å². The van der Waals surface area contributed by atoms with Gasteiger partial charge in [-0.05, 0) is 56.7 Å². The second kappa shape index (κ2) is 7.07. The molecule has 0 spiro atoms. The number of amides is 1. The van der Waals surface area contributed by atoms with Crippen LogP contribution in [0.4, 0.5) is 0 Å². The number of hydrogen-bond donors (Lipinski definition) is 1. The Morgan fingerprint density at radius 3 is 2.59 bits per heavy atom. The predicted molar refractivity (Wildman–Crippen MR) is 87.1 cm³/mol. The monoisotopic (exact) mass is 298 g/mol. The first-order valence-electron chi connectivity index (χ1n) is 7.38. The van der Waals surface area contributed by atoms with E-state index in [9.17, 15) is 4.79 Å². The van der Waals surface area contributed by atoms with E-state index >= 15 is 0 Å². The van der Waals surface area contributed by atoms with E-state index in [2.05, 4.69) is 10.3 Å². The summed E-state index contributed by atoms with van der Waals surface area (Å²) in [4.78, 5) is 16.1. The highest BCUT2D eigenvalue weighted by Crippen LogP contribution is 2.15. The van der Waals surface area contributed by atoms with Crippen molar-refractivity contribution in [2.45, 2.75) is 32.7 Å². The van der Waals surface area contributed by atoms with E-state index < -0.39 is 0 Å². The van der Waals surface area contributed by atoms with Gasteiger partial charge in [0.05, 0.1) is 6.61 Å². The summed E-state index contributed by atoms with van der Waals surface area (Å²) in [6.45, 7) is 6.44. The molecule has 4 heteroatoms. The molecule has 0 aliphatic carbocycles. The fourth-order valence-electron chi connectivity index (χ4n) is 1.98. The van der Waals surface area contributed by atoms with Gasteiger partial charge in [-0.25, -0.2) is 0 Å². The van der Waals surface area contributed by atoms with E-state index in [4.69, 9.17) is 4.74 Å². The van der Waals surface area contributed by atoms with E-state index in [1.54, 1.807) is 24.5 Å². The minimum atomic E-state index is -0.255. The van der Waals surface area contributed by atoms with Crippen LogP contribution in [0.15, 0.2) is 48.8 Å². The van der Waals surface area contributed by atoms with Gasteiger partial charge in [0.2, 0.25) is 0 Å². The minimum Gasteiger partial charge on any atom is -0.493 e. The molecular formula is C18H22N2O2. The maximum Gasteiger partial charge on any atom is 0.251 e. The fraction of sp³-hybridized carbons (Fsp3) is 0.333. The average Bonchev–Trinajstić information content (AvgIpc) is 2.47. The number of ether oxygens (including phenoxy) is 1. The largest absolute Gasteiger partial charge is 0.493 e. The number of nitrogens with one attached hydrogen (secondary N) is 1. The zero-order chi connectivity index (χ0) is 16.0. The molecule has 2 aromatic rings. The molecule has 1 heterocycles. The van der Waals surface area contributed by atoms with Crippen molar-refractivity contribution in [2.24, 2.45) is 0 Å². The molecule has 0 saturated heterocycles. The Balaban J connectivity index is 1.92. The Labute approximate surface area is 131 Å². The van der Waals surface area contributed by atoms with Crippen molar-refractivity contribution in [3.63, 3.8) is 0 Å². The molecule has 0 aliphatic heterocycles. The summed E-state index contributed by atoms with van der Waals surface area (Å²) >= 11 is 0. The van der Waals surface area contributed by atoms with Gasteiger partial charge in [-0.2, -0.15) is 0 Å². The lowest BCUT2D eigenvalue weighted by molar-refractivity contribution is 0.0919. The number of benzene rings is 1. The molecule has 0 aliphatic rings. The summed E-state index contributed by atoms with van der Waals surface area (Å²) in [6.07, 6.45) is 4.35. The van der Waals surface area contributed by atoms with E-state index in [-0.39, 0.29) is 11.4 Å². The first-order valence-corrected chi connectivity index (χ1v) is 7.38. The lowest BCUT2D eigenvalue weighted by atomic mass is 10.1. The van der Waals surface area contributed by atoms with Crippen LogP contribution in [0.1, 0.15) is 36.7 Å². The van der Waals surface area contributed by atoms with Gasteiger partial charge in [0.15, 0.2) is 0 Å². The van der Waals surface area contributed by atoms with Crippen molar-refractivity contribution in [1.29, 1.82) is 0 Å². The van der Waals surface area contributed by atoms with E-state index in [0.29, 0.717) is 17.9 Å². The lowest BCUT2D eigenvalue weighted by Gasteiger charge is -2.20. The number of carbonyl (C=O) groups excluding carboxylic acids is 1. The molecule has 4 nitrogen and oxygen atoms in total. The summed E-state index contributed by atoms with van der Waals surface area (Å²) in [5, 5.41) is 2.94. The van der Waals surface area contributed by atoms with Crippen molar-refractivity contribution in [1.82, 2.24) is 10.3 Å². The Morgan fingerprint density at radius 2 is 1.91 bits per heavy atom. The van der Waals surface area contributed by atoms with Crippen molar-refractivity contribution in [2.75, 3.05) is 6.61 Å². The Kier molecular flexibility index (Phi) is 5.15. The topological polar surface area (TPSA) is 51.2 Å². The number of aromatic nitrogens is 1. The van der Waals surface area contributed by atoms with Crippen LogP contribution in [0.5, 0.6) is 5.75 Å². The van der Waals surface area contributed by atoms with Crippen LogP contribution in [0.2, 0.25) is 0 Å². The Hall–Kier alpha value is -2.36. The van der Waals surface area contributed by atoms with Crippen molar-refractivity contribution in [3.8, 4) is 5.75 Å². The van der Waals surface area contributed by atoms with E-state index in [1.165, 1.54) is 5.56 Å².